The first-order valence-electron chi connectivity index (χ1n) is 9.37. The Morgan fingerprint density at radius 1 is 1.30 bits per heavy atom. The molecule has 3 aromatic rings. The van der Waals surface area contributed by atoms with E-state index in [1.165, 1.54) is 12.8 Å². The molecule has 1 fully saturated rings. The molecule has 7 nitrogen and oxygen atoms in total. The third kappa shape index (κ3) is 3.70. The van der Waals surface area contributed by atoms with E-state index in [-0.39, 0.29) is 0 Å². The number of methoxy groups -OCH3 is 1. The van der Waals surface area contributed by atoms with Crippen molar-refractivity contribution in [2.45, 2.75) is 45.4 Å². The lowest BCUT2D eigenvalue weighted by atomic mass is 9.97. The van der Waals surface area contributed by atoms with Gasteiger partial charge in [0.2, 0.25) is 0 Å². The monoisotopic (exact) mass is 369 g/mol. The standard InChI is InChI=1S/C20H27N5O2/c1-20(2,26)14-7-8-15-18(9-14)25(10-13-5-6-13)23-19(15)21-16-11-24(3)22-17(16)12-27-4/h7-9,11,13,26H,5-6,10,12H2,1-4H3,(H,21,23). The number of aromatic nitrogens is 4. The largest absolute Gasteiger partial charge is 0.386 e. The molecule has 0 saturated heterocycles. The van der Waals surface area contributed by atoms with E-state index in [0.29, 0.717) is 12.5 Å². The van der Waals surface area contributed by atoms with Crippen LogP contribution in [0.2, 0.25) is 0 Å². The average molecular weight is 369 g/mol. The fourth-order valence-electron chi connectivity index (χ4n) is 3.34. The highest BCUT2D eigenvalue weighted by atomic mass is 16.5. The van der Waals surface area contributed by atoms with E-state index < -0.39 is 5.60 Å². The molecule has 1 aliphatic carbocycles. The molecule has 1 aromatic carbocycles. The van der Waals surface area contributed by atoms with Gasteiger partial charge in [0.15, 0.2) is 5.82 Å². The molecule has 7 heteroatoms. The summed E-state index contributed by atoms with van der Waals surface area (Å²) in [5.74, 6) is 1.51. The van der Waals surface area contributed by atoms with Crippen molar-refractivity contribution in [2.24, 2.45) is 13.0 Å². The number of nitrogens with zero attached hydrogens (tertiary/aromatic N) is 4. The minimum Gasteiger partial charge on any atom is -0.386 e. The maximum atomic E-state index is 10.4. The van der Waals surface area contributed by atoms with Crippen molar-refractivity contribution < 1.29 is 9.84 Å². The van der Waals surface area contributed by atoms with Gasteiger partial charge in [-0.15, -0.1) is 0 Å². The summed E-state index contributed by atoms with van der Waals surface area (Å²) in [7, 11) is 3.56. The molecular weight excluding hydrogens is 342 g/mol. The van der Waals surface area contributed by atoms with E-state index in [9.17, 15) is 5.11 Å². The lowest BCUT2D eigenvalue weighted by Gasteiger charge is -2.18. The van der Waals surface area contributed by atoms with Crippen molar-refractivity contribution in [3.05, 3.63) is 35.7 Å². The maximum absolute atomic E-state index is 10.4. The zero-order valence-corrected chi connectivity index (χ0v) is 16.4. The highest BCUT2D eigenvalue weighted by Crippen LogP contribution is 2.35. The van der Waals surface area contributed by atoms with E-state index in [4.69, 9.17) is 9.84 Å². The number of anilines is 2. The Balaban J connectivity index is 1.76. The van der Waals surface area contributed by atoms with Crippen molar-refractivity contribution in [3.63, 3.8) is 0 Å². The third-order valence-electron chi connectivity index (χ3n) is 5.03. The van der Waals surface area contributed by atoms with Crippen LogP contribution in [-0.4, -0.2) is 31.8 Å². The molecule has 4 rings (SSSR count). The predicted octanol–water partition coefficient (Wildman–Crippen LogP) is 3.30. The second-order valence-corrected chi connectivity index (χ2v) is 7.99. The van der Waals surface area contributed by atoms with Crippen LogP contribution in [0.15, 0.2) is 24.4 Å². The number of fused-ring (bicyclic) bond motifs is 1. The number of aliphatic hydroxyl groups is 1. The summed E-state index contributed by atoms with van der Waals surface area (Å²) in [6.07, 6.45) is 4.46. The summed E-state index contributed by atoms with van der Waals surface area (Å²) in [5.41, 5.74) is 2.79. The van der Waals surface area contributed by atoms with Crippen LogP contribution in [0.25, 0.3) is 10.9 Å². The smallest absolute Gasteiger partial charge is 0.160 e. The lowest BCUT2D eigenvalue weighted by molar-refractivity contribution is 0.0787. The fraction of sp³-hybridized carbons (Fsp3) is 0.500. The minimum atomic E-state index is -0.883. The quantitative estimate of drug-likeness (QED) is 0.668. The molecule has 1 aliphatic rings. The van der Waals surface area contributed by atoms with Crippen LogP contribution in [0.1, 0.15) is 37.9 Å². The van der Waals surface area contributed by atoms with Gasteiger partial charge in [-0.1, -0.05) is 6.07 Å². The molecule has 0 atom stereocenters. The third-order valence-corrected chi connectivity index (χ3v) is 5.03. The molecular formula is C20H27N5O2. The van der Waals surface area contributed by atoms with E-state index in [1.807, 2.05) is 39.2 Å². The van der Waals surface area contributed by atoms with Gasteiger partial charge in [0.1, 0.15) is 5.69 Å². The number of aryl methyl sites for hydroxylation is 1. The summed E-state index contributed by atoms with van der Waals surface area (Å²) in [4.78, 5) is 0. The number of benzene rings is 1. The lowest BCUT2D eigenvalue weighted by Crippen LogP contribution is -2.15. The molecule has 0 unspecified atom stereocenters. The number of hydrogen-bond acceptors (Lipinski definition) is 5. The van der Waals surface area contributed by atoms with Crippen molar-refractivity contribution in [2.75, 3.05) is 12.4 Å². The molecule has 144 valence electrons. The molecule has 2 heterocycles. The summed E-state index contributed by atoms with van der Waals surface area (Å²) in [6.45, 7) is 4.96. The van der Waals surface area contributed by atoms with Gasteiger partial charge < -0.3 is 15.2 Å². The Bertz CT molecular complexity index is 963. The van der Waals surface area contributed by atoms with Crippen LogP contribution in [0, 0.1) is 5.92 Å². The van der Waals surface area contributed by atoms with Crippen molar-refractivity contribution in [1.29, 1.82) is 0 Å². The van der Waals surface area contributed by atoms with Gasteiger partial charge in [0.05, 0.1) is 23.4 Å². The first-order valence-corrected chi connectivity index (χ1v) is 9.37. The van der Waals surface area contributed by atoms with Gasteiger partial charge in [-0.2, -0.15) is 10.2 Å². The highest BCUT2D eigenvalue weighted by molar-refractivity contribution is 5.92. The van der Waals surface area contributed by atoms with Crippen molar-refractivity contribution >= 4 is 22.4 Å². The van der Waals surface area contributed by atoms with E-state index >= 15 is 0 Å². The van der Waals surface area contributed by atoms with Crippen LogP contribution in [0.3, 0.4) is 0 Å². The van der Waals surface area contributed by atoms with Gasteiger partial charge in [-0.25, -0.2) is 0 Å². The molecule has 0 aliphatic heterocycles. The Kier molecular flexibility index (Phi) is 4.44. The average Bonchev–Trinajstić information content (AvgIpc) is 3.26. The van der Waals surface area contributed by atoms with Crippen molar-refractivity contribution in [3.8, 4) is 0 Å². The molecule has 0 amide bonds. The summed E-state index contributed by atoms with van der Waals surface area (Å²) < 4.78 is 9.09. The number of ether oxygens (including phenoxy) is 1. The first kappa shape index (κ1) is 18.0. The molecule has 0 bridgehead atoms. The van der Waals surface area contributed by atoms with Gasteiger partial charge in [-0.3, -0.25) is 9.36 Å². The number of rotatable bonds is 7. The van der Waals surface area contributed by atoms with Gasteiger partial charge in [-0.05, 0) is 50.3 Å². The highest BCUT2D eigenvalue weighted by Gasteiger charge is 2.25. The maximum Gasteiger partial charge on any atom is 0.160 e. The molecule has 27 heavy (non-hydrogen) atoms. The Hall–Kier alpha value is -2.38. The SMILES string of the molecule is COCc1nn(C)cc1Nc1nn(CC2CC2)c2cc(C(C)(C)O)ccc12. The van der Waals surface area contributed by atoms with Crippen LogP contribution in [-0.2, 0) is 30.5 Å². The second-order valence-electron chi connectivity index (χ2n) is 7.99. The predicted molar refractivity (Wildman–Crippen MR) is 105 cm³/mol. The molecule has 2 N–H and O–H groups in total. The zero-order valence-electron chi connectivity index (χ0n) is 16.4. The van der Waals surface area contributed by atoms with Crippen molar-refractivity contribution in [1.82, 2.24) is 19.6 Å². The Morgan fingerprint density at radius 3 is 2.74 bits per heavy atom. The first-order chi connectivity index (χ1) is 12.8. The topological polar surface area (TPSA) is 77.1 Å². The van der Waals surface area contributed by atoms with E-state index in [1.54, 1.807) is 11.8 Å². The Morgan fingerprint density at radius 2 is 2.07 bits per heavy atom. The number of hydrogen-bond donors (Lipinski definition) is 2. The summed E-state index contributed by atoms with van der Waals surface area (Å²) in [6, 6.07) is 6.05. The van der Waals surface area contributed by atoms with E-state index in [2.05, 4.69) is 21.2 Å². The Labute approximate surface area is 158 Å². The second kappa shape index (κ2) is 6.65. The molecule has 2 aromatic heterocycles. The van der Waals surface area contributed by atoms with Gasteiger partial charge in [0.25, 0.3) is 0 Å². The fourth-order valence-corrected chi connectivity index (χ4v) is 3.34. The van der Waals surface area contributed by atoms with Crippen LogP contribution in [0.5, 0.6) is 0 Å². The van der Waals surface area contributed by atoms with E-state index in [0.717, 1.165) is 40.2 Å². The molecule has 0 spiro atoms. The molecule has 1 saturated carbocycles. The van der Waals surface area contributed by atoms with Gasteiger partial charge >= 0.3 is 0 Å². The zero-order chi connectivity index (χ0) is 19.2. The minimum absolute atomic E-state index is 0.437. The normalized spacial score (nSPS) is 14.9. The van der Waals surface area contributed by atoms with Crippen LogP contribution in [0.4, 0.5) is 11.5 Å². The van der Waals surface area contributed by atoms with Gasteiger partial charge in [0, 0.05) is 32.3 Å². The van der Waals surface area contributed by atoms with Crippen LogP contribution >= 0.6 is 0 Å². The summed E-state index contributed by atoms with van der Waals surface area (Å²) >= 11 is 0. The van der Waals surface area contributed by atoms with Crippen LogP contribution < -0.4 is 5.32 Å². The summed E-state index contributed by atoms with van der Waals surface area (Å²) in [5, 5.41) is 24.2. The molecule has 0 radical (unpaired) electrons. The number of nitrogens with one attached hydrogen (secondary N) is 1.